The molecule has 184 valence electrons. The van der Waals surface area contributed by atoms with Gasteiger partial charge in [-0.25, -0.2) is 9.97 Å². The lowest BCUT2D eigenvalue weighted by Crippen LogP contribution is -2.48. The Labute approximate surface area is 221 Å². The van der Waals surface area contributed by atoms with Crippen molar-refractivity contribution in [2.24, 2.45) is 29.1 Å². The second-order valence-electron chi connectivity index (χ2n) is 13.0. The van der Waals surface area contributed by atoms with Crippen LogP contribution in [-0.2, 0) is 5.41 Å². The van der Waals surface area contributed by atoms with Crippen LogP contribution >= 0.6 is 0 Å². The number of para-hydroxylation sites is 2. The molecule has 4 fully saturated rings. The van der Waals surface area contributed by atoms with E-state index < -0.39 is 0 Å². The van der Waals surface area contributed by atoms with Crippen LogP contribution in [0.15, 0.2) is 84.9 Å². The third-order valence-corrected chi connectivity index (χ3v) is 11.2. The van der Waals surface area contributed by atoms with Crippen LogP contribution in [0.3, 0.4) is 0 Å². The minimum absolute atomic E-state index is 0.220. The van der Waals surface area contributed by atoms with E-state index >= 15 is 0 Å². The molecular formula is C35H29N3. The summed E-state index contributed by atoms with van der Waals surface area (Å²) in [6.07, 6.45) is 5.52. The normalized spacial score (nSPS) is 32.7. The van der Waals surface area contributed by atoms with Gasteiger partial charge in [0.15, 0.2) is 0 Å². The van der Waals surface area contributed by atoms with Crippen molar-refractivity contribution in [3.8, 4) is 5.95 Å². The van der Waals surface area contributed by atoms with Crippen molar-refractivity contribution >= 4 is 43.5 Å². The molecule has 6 atom stereocenters. The zero-order valence-electron chi connectivity index (χ0n) is 21.6. The SMILES string of the molecule is C[C@H]1CC2C[C@@]34CC(c5nc(-n6c7ccccc7c7c8ccccc8ccc76)nc6ccccc56)(C1)C3C24. The van der Waals surface area contributed by atoms with E-state index in [1.165, 1.54) is 69.3 Å². The molecule has 0 aliphatic heterocycles. The van der Waals surface area contributed by atoms with Crippen LogP contribution in [0.25, 0.3) is 49.4 Å². The molecule has 6 aromatic rings. The van der Waals surface area contributed by atoms with Gasteiger partial charge in [0.25, 0.3) is 0 Å². The highest BCUT2D eigenvalue weighted by Crippen LogP contribution is 2.93. The summed E-state index contributed by atoms with van der Waals surface area (Å²) < 4.78 is 2.34. The van der Waals surface area contributed by atoms with Gasteiger partial charge in [0.05, 0.1) is 22.2 Å². The molecule has 0 radical (unpaired) electrons. The fourth-order valence-corrected chi connectivity index (χ4v) is 10.2. The zero-order valence-corrected chi connectivity index (χ0v) is 21.6. The van der Waals surface area contributed by atoms with E-state index in [0.29, 0.717) is 5.41 Å². The topological polar surface area (TPSA) is 30.7 Å². The molecule has 0 bridgehead atoms. The van der Waals surface area contributed by atoms with Crippen molar-refractivity contribution in [2.45, 2.75) is 38.0 Å². The van der Waals surface area contributed by atoms with E-state index in [0.717, 1.165) is 35.1 Å². The Morgan fingerprint density at radius 1 is 0.763 bits per heavy atom. The highest BCUT2D eigenvalue weighted by molar-refractivity contribution is 6.21. The van der Waals surface area contributed by atoms with E-state index in [1.807, 2.05) is 0 Å². The Balaban J connectivity index is 1.29. The number of fused-ring (bicyclic) bond motifs is 6. The maximum atomic E-state index is 5.61. The van der Waals surface area contributed by atoms with E-state index in [-0.39, 0.29) is 5.41 Å². The smallest absolute Gasteiger partial charge is 0.235 e. The minimum atomic E-state index is 0.220. The number of nitrogens with zero attached hydrogens (tertiary/aromatic N) is 3. The number of benzene rings is 4. The van der Waals surface area contributed by atoms with Crippen molar-refractivity contribution in [1.82, 2.24) is 14.5 Å². The molecule has 3 nitrogen and oxygen atoms in total. The Kier molecular flexibility index (Phi) is 3.44. The van der Waals surface area contributed by atoms with Crippen LogP contribution in [0.4, 0.5) is 0 Å². The zero-order chi connectivity index (χ0) is 24.8. The van der Waals surface area contributed by atoms with Crippen molar-refractivity contribution in [2.75, 3.05) is 0 Å². The monoisotopic (exact) mass is 491 g/mol. The highest BCUT2D eigenvalue weighted by atomic mass is 15.2. The first kappa shape index (κ1) is 20.3. The molecule has 2 heterocycles. The summed E-state index contributed by atoms with van der Waals surface area (Å²) in [5.74, 6) is 4.37. The maximum Gasteiger partial charge on any atom is 0.235 e. The van der Waals surface area contributed by atoms with Crippen LogP contribution in [0.2, 0.25) is 0 Å². The minimum Gasteiger partial charge on any atom is -0.278 e. The molecule has 4 aromatic carbocycles. The summed E-state index contributed by atoms with van der Waals surface area (Å²) in [4.78, 5) is 10.9. The number of hydrogen-bond acceptors (Lipinski definition) is 2. The first-order valence-electron chi connectivity index (χ1n) is 14.4. The molecule has 0 amide bonds. The average molecular weight is 492 g/mol. The predicted molar refractivity (Wildman–Crippen MR) is 154 cm³/mol. The van der Waals surface area contributed by atoms with E-state index in [1.54, 1.807) is 0 Å². The standard InChI is InChI=1S/C35H29N3/c1-20-16-22-18-34-19-35(17-20,31(34)30(22)34)32-24-10-4-6-12-26(24)36-33(37-32)38-27-13-7-5-11-25(27)29-23-9-3-2-8-21(23)14-15-28(29)38/h2-15,20,22,30-31H,16-19H2,1H3/t20-,22?,30?,31?,34-,35?/m0/s1. The summed E-state index contributed by atoms with van der Waals surface area (Å²) >= 11 is 0. The summed E-state index contributed by atoms with van der Waals surface area (Å²) in [7, 11) is 0. The average Bonchev–Trinajstić information content (AvgIpc) is 3.22. The lowest BCUT2D eigenvalue weighted by molar-refractivity contribution is 0.0191. The van der Waals surface area contributed by atoms with E-state index in [9.17, 15) is 0 Å². The first-order valence-corrected chi connectivity index (χ1v) is 14.4. The van der Waals surface area contributed by atoms with Gasteiger partial charge in [-0.1, -0.05) is 73.7 Å². The van der Waals surface area contributed by atoms with Gasteiger partial charge >= 0.3 is 0 Å². The quantitative estimate of drug-likeness (QED) is 0.244. The van der Waals surface area contributed by atoms with Crippen LogP contribution in [-0.4, -0.2) is 14.5 Å². The lowest BCUT2D eigenvalue weighted by atomic mass is 9.51. The second kappa shape index (κ2) is 6.46. The summed E-state index contributed by atoms with van der Waals surface area (Å²) in [5.41, 5.74) is 5.68. The summed E-state index contributed by atoms with van der Waals surface area (Å²) in [6.45, 7) is 2.49. The molecule has 3 heteroatoms. The summed E-state index contributed by atoms with van der Waals surface area (Å²) in [5, 5.41) is 6.40. The third-order valence-electron chi connectivity index (χ3n) is 11.2. The highest BCUT2D eigenvalue weighted by Gasteiger charge is 2.89. The van der Waals surface area contributed by atoms with Crippen molar-refractivity contribution < 1.29 is 0 Å². The fraction of sp³-hybridized carbons (Fsp3) is 0.314. The van der Waals surface area contributed by atoms with Gasteiger partial charge in [-0.05, 0) is 83.7 Å². The molecule has 4 saturated carbocycles. The Morgan fingerprint density at radius 3 is 2.47 bits per heavy atom. The van der Waals surface area contributed by atoms with Crippen LogP contribution in [0, 0.1) is 29.1 Å². The molecule has 10 rings (SSSR count). The van der Waals surface area contributed by atoms with E-state index in [4.69, 9.17) is 9.97 Å². The molecule has 4 aliphatic rings. The van der Waals surface area contributed by atoms with Gasteiger partial charge in [0.2, 0.25) is 5.95 Å². The molecule has 0 saturated heterocycles. The second-order valence-corrected chi connectivity index (χ2v) is 13.0. The molecular weight excluding hydrogens is 462 g/mol. The predicted octanol–water partition coefficient (Wildman–Crippen LogP) is 8.20. The Bertz CT molecular complexity index is 2000. The maximum absolute atomic E-state index is 5.61. The van der Waals surface area contributed by atoms with E-state index in [2.05, 4.69) is 96.4 Å². The largest absolute Gasteiger partial charge is 0.278 e. The molecule has 2 aromatic heterocycles. The Morgan fingerprint density at radius 2 is 1.55 bits per heavy atom. The van der Waals surface area contributed by atoms with Gasteiger partial charge in [-0.15, -0.1) is 0 Å². The Hall–Kier alpha value is -3.72. The number of aromatic nitrogens is 3. The number of hydrogen-bond donors (Lipinski definition) is 0. The van der Waals surface area contributed by atoms with Gasteiger partial charge in [-0.3, -0.25) is 4.57 Å². The van der Waals surface area contributed by atoms with Crippen LogP contribution in [0.1, 0.15) is 38.3 Å². The molecule has 4 aliphatic carbocycles. The lowest BCUT2D eigenvalue weighted by Gasteiger charge is -2.53. The number of rotatable bonds is 2. The van der Waals surface area contributed by atoms with Crippen molar-refractivity contribution in [3.63, 3.8) is 0 Å². The molecule has 0 N–H and O–H groups in total. The first-order chi connectivity index (χ1) is 18.7. The van der Waals surface area contributed by atoms with Gasteiger partial charge in [0, 0.05) is 21.6 Å². The van der Waals surface area contributed by atoms with Gasteiger partial charge < -0.3 is 0 Å². The summed E-state index contributed by atoms with van der Waals surface area (Å²) in [6, 6.07) is 30.8. The van der Waals surface area contributed by atoms with Crippen molar-refractivity contribution in [1.29, 1.82) is 0 Å². The fourth-order valence-electron chi connectivity index (χ4n) is 10.2. The van der Waals surface area contributed by atoms with Gasteiger partial charge in [-0.2, -0.15) is 0 Å². The van der Waals surface area contributed by atoms with Crippen LogP contribution in [0.5, 0.6) is 0 Å². The third kappa shape index (κ3) is 2.18. The van der Waals surface area contributed by atoms with Crippen LogP contribution < -0.4 is 0 Å². The van der Waals surface area contributed by atoms with Crippen molar-refractivity contribution in [3.05, 3.63) is 90.6 Å². The van der Waals surface area contributed by atoms with Gasteiger partial charge in [0.1, 0.15) is 0 Å². The molecule has 1 spiro atoms. The molecule has 38 heavy (non-hydrogen) atoms. The molecule has 4 unspecified atom stereocenters.